The molecule has 5 heteroatoms. The first-order valence-corrected chi connectivity index (χ1v) is 8.66. The third kappa shape index (κ3) is 3.53. The maximum absolute atomic E-state index is 13.4. The van der Waals surface area contributed by atoms with Crippen LogP contribution in [0.1, 0.15) is 37.7 Å². The van der Waals surface area contributed by atoms with Gasteiger partial charge in [-0.1, -0.05) is 18.0 Å². The van der Waals surface area contributed by atoms with Crippen molar-refractivity contribution < 1.29 is 13.9 Å². The van der Waals surface area contributed by atoms with E-state index in [1.54, 1.807) is 13.2 Å². The van der Waals surface area contributed by atoms with E-state index in [4.69, 9.17) is 16.3 Å². The lowest BCUT2D eigenvalue weighted by molar-refractivity contribution is -0.136. The summed E-state index contributed by atoms with van der Waals surface area (Å²) in [6.07, 6.45) is 5.96. The van der Waals surface area contributed by atoms with Gasteiger partial charge in [-0.25, -0.2) is 4.39 Å². The normalized spacial score (nSPS) is 27.6. The smallest absolute Gasteiger partial charge is 0.227 e. The lowest BCUT2D eigenvalue weighted by atomic mass is 9.76. The number of methoxy groups -OCH3 is 1. The highest BCUT2D eigenvalue weighted by Gasteiger charge is 2.46. The molecule has 1 aromatic rings. The molecule has 1 heterocycles. The van der Waals surface area contributed by atoms with E-state index in [1.807, 2.05) is 4.90 Å². The van der Waals surface area contributed by atoms with Gasteiger partial charge in [-0.3, -0.25) is 4.79 Å². The Hall–Kier alpha value is -1.13. The van der Waals surface area contributed by atoms with Crippen LogP contribution in [0, 0.1) is 11.2 Å². The lowest BCUT2D eigenvalue weighted by Gasteiger charge is -2.43. The van der Waals surface area contributed by atoms with Gasteiger partial charge < -0.3 is 9.64 Å². The Balaban J connectivity index is 1.70. The van der Waals surface area contributed by atoms with E-state index in [-0.39, 0.29) is 23.8 Å². The van der Waals surface area contributed by atoms with Crippen molar-refractivity contribution in [1.82, 2.24) is 4.90 Å². The van der Waals surface area contributed by atoms with Crippen LogP contribution in [0.5, 0.6) is 0 Å². The van der Waals surface area contributed by atoms with Crippen LogP contribution in [0.15, 0.2) is 18.2 Å². The minimum Gasteiger partial charge on any atom is -0.381 e. The van der Waals surface area contributed by atoms with E-state index in [9.17, 15) is 9.18 Å². The summed E-state index contributed by atoms with van der Waals surface area (Å²) in [5, 5.41) is 0.332. The molecule has 1 spiro atoms. The lowest BCUT2D eigenvalue weighted by Crippen LogP contribution is -2.50. The minimum atomic E-state index is -0.398. The van der Waals surface area contributed by atoms with Gasteiger partial charge in [0.1, 0.15) is 5.82 Å². The number of piperidine rings is 1. The number of carbonyl (C=O) groups excluding carboxylic acids is 1. The first-order chi connectivity index (χ1) is 11.0. The molecule has 2 atom stereocenters. The number of likely N-dealkylation sites (tertiary alicyclic amines) is 1. The van der Waals surface area contributed by atoms with Gasteiger partial charge in [0, 0.05) is 30.6 Å². The fraction of sp³-hybridized carbons (Fsp3) is 0.611. The molecule has 1 aromatic carbocycles. The summed E-state index contributed by atoms with van der Waals surface area (Å²) in [6.45, 7) is 1.54. The fourth-order valence-corrected chi connectivity index (χ4v) is 4.56. The van der Waals surface area contributed by atoms with E-state index in [0.717, 1.165) is 38.8 Å². The second-order valence-electron chi connectivity index (χ2n) is 6.85. The Kier molecular flexibility index (Phi) is 4.93. The highest BCUT2D eigenvalue weighted by molar-refractivity contribution is 6.30. The van der Waals surface area contributed by atoms with Crippen LogP contribution in [-0.4, -0.2) is 37.1 Å². The number of carbonyl (C=O) groups is 1. The largest absolute Gasteiger partial charge is 0.381 e. The number of hydrogen-bond donors (Lipinski definition) is 0. The fourth-order valence-electron chi connectivity index (χ4n) is 4.31. The molecule has 1 aliphatic carbocycles. The van der Waals surface area contributed by atoms with Gasteiger partial charge in [0.15, 0.2) is 0 Å². The van der Waals surface area contributed by atoms with Gasteiger partial charge in [-0.05, 0) is 49.4 Å². The van der Waals surface area contributed by atoms with E-state index in [2.05, 4.69) is 0 Å². The summed E-state index contributed by atoms with van der Waals surface area (Å²) in [6, 6.07) is 4.31. The van der Waals surface area contributed by atoms with E-state index in [1.165, 1.54) is 18.6 Å². The topological polar surface area (TPSA) is 29.5 Å². The number of halogens is 2. The summed E-state index contributed by atoms with van der Waals surface area (Å²) in [5.74, 6) is -0.349. The molecule has 1 saturated carbocycles. The zero-order valence-electron chi connectivity index (χ0n) is 13.5. The van der Waals surface area contributed by atoms with Gasteiger partial charge in [0.2, 0.25) is 5.91 Å². The van der Waals surface area contributed by atoms with Crippen molar-refractivity contribution in [2.75, 3.05) is 20.2 Å². The highest BCUT2D eigenvalue weighted by Crippen LogP contribution is 2.46. The molecule has 126 valence electrons. The van der Waals surface area contributed by atoms with Crippen molar-refractivity contribution in [3.05, 3.63) is 34.6 Å². The Labute approximate surface area is 141 Å². The predicted octanol–water partition coefficient (Wildman–Crippen LogP) is 3.83. The molecule has 2 aliphatic rings. The van der Waals surface area contributed by atoms with E-state index in [0.29, 0.717) is 10.6 Å². The van der Waals surface area contributed by atoms with E-state index < -0.39 is 5.82 Å². The second kappa shape index (κ2) is 6.78. The average Bonchev–Trinajstić information content (AvgIpc) is 2.88. The molecule has 3 rings (SSSR count). The van der Waals surface area contributed by atoms with Crippen molar-refractivity contribution in [1.29, 1.82) is 0 Å². The highest BCUT2D eigenvalue weighted by atomic mass is 35.5. The molecule has 0 unspecified atom stereocenters. The molecule has 1 aliphatic heterocycles. The molecule has 23 heavy (non-hydrogen) atoms. The molecule has 0 radical (unpaired) electrons. The predicted molar refractivity (Wildman–Crippen MR) is 88.0 cm³/mol. The molecular weight excluding hydrogens is 317 g/mol. The molecule has 0 aromatic heterocycles. The van der Waals surface area contributed by atoms with Crippen LogP contribution in [-0.2, 0) is 16.0 Å². The molecular formula is C18H23ClFNO2. The number of amides is 1. The van der Waals surface area contributed by atoms with Gasteiger partial charge >= 0.3 is 0 Å². The summed E-state index contributed by atoms with van der Waals surface area (Å²) in [4.78, 5) is 14.6. The summed E-state index contributed by atoms with van der Waals surface area (Å²) >= 11 is 5.87. The molecule has 1 saturated heterocycles. The number of ether oxygens (including phenoxy) is 1. The Morgan fingerprint density at radius 3 is 2.91 bits per heavy atom. The Bertz CT molecular complexity index is 574. The molecule has 2 fully saturated rings. The van der Waals surface area contributed by atoms with Gasteiger partial charge in [-0.15, -0.1) is 0 Å². The van der Waals surface area contributed by atoms with Gasteiger partial charge in [-0.2, -0.15) is 0 Å². The van der Waals surface area contributed by atoms with Crippen LogP contribution in [0.3, 0.4) is 0 Å². The quantitative estimate of drug-likeness (QED) is 0.837. The summed E-state index contributed by atoms with van der Waals surface area (Å²) in [5.41, 5.74) is 0.747. The SMILES string of the molecule is CO[C@@H]1CCC[C@]12CCCN(C(=O)Cc1cc(F)cc(Cl)c1)C2. The summed E-state index contributed by atoms with van der Waals surface area (Å²) < 4.78 is 19.1. The Morgan fingerprint density at radius 2 is 2.17 bits per heavy atom. The third-order valence-corrected chi connectivity index (χ3v) is 5.57. The third-order valence-electron chi connectivity index (χ3n) is 5.35. The first kappa shape index (κ1) is 16.7. The first-order valence-electron chi connectivity index (χ1n) is 8.28. The van der Waals surface area contributed by atoms with Crippen LogP contribution in [0.2, 0.25) is 5.02 Å². The molecule has 1 amide bonds. The van der Waals surface area contributed by atoms with Crippen molar-refractivity contribution >= 4 is 17.5 Å². The van der Waals surface area contributed by atoms with Crippen LogP contribution in [0.4, 0.5) is 4.39 Å². The van der Waals surface area contributed by atoms with Crippen molar-refractivity contribution in [2.45, 2.75) is 44.6 Å². The zero-order valence-corrected chi connectivity index (χ0v) is 14.2. The van der Waals surface area contributed by atoms with Crippen molar-refractivity contribution in [3.8, 4) is 0 Å². The summed E-state index contributed by atoms with van der Waals surface area (Å²) in [7, 11) is 1.77. The van der Waals surface area contributed by atoms with Gasteiger partial charge in [0.05, 0.1) is 12.5 Å². The molecule has 0 N–H and O–H groups in total. The number of nitrogens with zero attached hydrogens (tertiary/aromatic N) is 1. The van der Waals surface area contributed by atoms with Crippen LogP contribution in [0.25, 0.3) is 0 Å². The second-order valence-corrected chi connectivity index (χ2v) is 7.29. The van der Waals surface area contributed by atoms with E-state index >= 15 is 0 Å². The maximum Gasteiger partial charge on any atom is 0.227 e. The minimum absolute atomic E-state index is 0.0486. The standard InChI is InChI=1S/C18H23ClFNO2/c1-23-16-4-2-5-18(16)6-3-7-21(12-18)17(22)10-13-8-14(19)11-15(20)9-13/h8-9,11,16H,2-7,10,12H2,1H3/t16-,18-/m1/s1. The monoisotopic (exact) mass is 339 g/mol. The number of hydrogen-bond acceptors (Lipinski definition) is 2. The Morgan fingerprint density at radius 1 is 1.39 bits per heavy atom. The molecule has 0 bridgehead atoms. The van der Waals surface area contributed by atoms with Crippen LogP contribution < -0.4 is 0 Å². The number of rotatable bonds is 3. The van der Waals surface area contributed by atoms with Crippen LogP contribution >= 0.6 is 11.6 Å². The number of benzene rings is 1. The maximum atomic E-state index is 13.4. The van der Waals surface area contributed by atoms with Crippen molar-refractivity contribution in [2.24, 2.45) is 5.41 Å². The zero-order chi connectivity index (χ0) is 16.4. The average molecular weight is 340 g/mol. The van der Waals surface area contributed by atoms with Crippen molar-refractivity contribution in [3.63, 3.8) is 0 Å². The molecule has 3 nitrogen and oxygen atoms in total. The van der Waals surface area contributed by atoms with Gasteiger partial charge in [0.25, 0.3) is 0 Å².